The first kappa shape index (κ1) is 22.8. The van der Waals surface area contributed by atoms with Gasteiger partial charge < -0.3 is 11.1 Å². The first-order valence-electron chi connectivity index (χ1n) is 12.1. The molecule has 0 radical (unpaired) electrons. The van der Waals surface area contributed by atoms with Gasteiger partial charge >= 0.3 is 0 Å². The molecule has 2 nitrogen and oxygen atoms in total. The lowest BCUT2D eigenvalue weighted by Gasteiger charge is -2.27. The Kier molecular flexibility index (Phi) is 8.32. The molecule has 0 aliphatic heterocycles. The summed E-state index contributed by atoms with van der Waals surface area (Å²) < 4.78 is 0. The van der Waals surface area contributed by atoms with E-state index in [9.17, 15) is 0 Å². The van der Waals surface area contributed by atoms with E-state index < -0.39 is 0 Å². The van der Waals surface area contributed by atoms with Gasteiger partial charge in [0.1, 0.15) is 0 Å². The topological polar surface area (TPSA) is 38.0 Å². The summed E-state index contributed by atoms with van der Waals surface area (Å²) in [4.78, 5) is 0. The van der Waals surface area contributed by atoms with Crippen molar-refractivity contribution >= 4 is 5.57 Å². The van der Waals surface area contributed by atoms with E-state index >= 15 is 0 Å². The van der Waals surface area contributed by atoms with Crippen molar-refractivity contribution in [3.8, 4) is 11.1 Å². The SMILES string of the molecule is N/C=C/C=C(\C=C/C(NC1CCCCC1)c1ccc(-c2ccccc2)cc1)c1ccccc1. The fourth-order valence-electron chi connectivity index (χ4n) is 4.54. The van der Waals surface area contributed by atoms with E-state index in [0.29, 0.717) is 6.04 Å². The maximum atomic E-state index is 5.63. The Balaban J connectivity index is 1.61. The molecule has 2 heteroatoms. The van der Waals surface area contributed by atoms with Crippen molar-refractivity contribution in [2.45, 2.75) is 44.2 Å². The highest BCUT2D eigenvalue weighted by Gasteiger charge is 2.18. The first-order valence-corrected chi connectivity index (χ1v) is 12.1. The van der Waals surface area contributed by atoms with Gasteiger partial charge in [0, 0.05) is 6.04 Å². The minimum atomic E-state index is 0.159. The molecule has 0 aromatic heterocycles. The normalized spacial score (nSPS) is 16.4. The summed E-state index contributed by atoms with van der Waals surface area (Å²) in [6.07, 6.45) is 16.6. The second-order valence-electron chi connectivity index (χ2n) is 8.70. The summed E-state index contributed by atoms with van der Waals surface area (Å²) >= 11 is 0. The Hall–Kier alpha value is -3.36. The number of hydrogen-bond acceptors (Lipinski definition) is 2. The summed E-state index contributed by atoms with van der Waals surface area (Å²) in [6, 6.07) is 30.8. The third kappa shape index (κ3) is 6.57. The molecule has 0 saturated heterocycles. The molecule has 3 aromatic rings. The van der Waals surface area contributed by atoms with E-state index in [0.717, 1.165) is 5.57 Å². The third-order valence-corrected chi connectivity index (χ3v) is 6.36. The molecule has 4 rings (SSSR count). The zero-order valence-electron chi connectivity index (χ0n) is 19.2. The van der Waals surface area contributed by atoms with Gasteiger partial charge in [-0.15, -0.1) is 0 Å². The second-order valence-corrected chi connectivity index (χ2v) is 8.70. The van der Waals surface area contributed by atoms with E-state index in [4.69, 9.17) is 5.73 Å². The van der Waals surface area contributed by atoms with E-state index in [1.54, 1.807) is 6.20 Å². The first-order chi connectivity index (χ1) is 16.3. The Morgan fingerprint density at radius 3 is 2.09 bits per heavy atom. The number of hydrogen-bond donors (Lipinski definition) is 2. The molecule has 1 fully saturated rings. The van der Waals surface area contributed by atoms with Crippen molar-refractivity contribution in [1.29, 1.82) is 0 Å². The van der Waals surface area contributed by atoms with Crippen LogP contribution in [0.4, 0.5) is 0 Å². The number of nitrogens with one attached hydrogen (secondary N) is 1. The van der Waals surface area contributed by atoms with Gasteiger partial charge in [0.15, 0.2) is 0 Å². The van der Waals surface area contributed by atoms with Crippen LogP contribution in [0.25, 0.3) is 16.7 Å². The summed E-state index contributed by atoms with van der Waals surface area (Å²) in [5, 5.41) is 3.94. The average molecular weight is 435 g/mol. The van der Waals surface area contributed by atoms with E-state index in [1.165, 1.54) is 54.4 Å². The standard InChI is InChI=1S/C31H34N2/c32-24-10-15-27(25-11-4-1-5-12-25)22-23-31(33-30-16-8-3-9-17-30)29-20-18-28(19-21-29)26-13-6-2-7-14-26/h1-2,4-7,10-15,18-24,30-31,33H,3,8-9,16-17,32H2/b23-22-,24-10+,27-15+. The largest absolute Gasteiger partial charge is 0.405 e. The lowest BCUT2D eigenvalue weighted by atomic mass is 9.93. The smallest absolute Gasteiger partial charge is 0.0511 e. The molecule has 33 heavy (non-hydrogen) atoms. The maximum Gasteiger partial charge on any atom is 0.0511 e. The molecule has 0 amide bonds. The van der Waals surface area contributed by atoms with Crippen LogP contribution >= 0.6 is 0 Å². The van der Waals surface area contributed by atoms with Gasteiger partial charge in [-0.1, -0.05) is 122 Å². The highest BCUT2D eigenvalue weighted by atomic mass is 14.9. The fourth-order valence-corrected chi connectivity index (χ4v) is 4.54. The van der Waals surface area contributed by atoms with Crippen LogP contribution in [-0.4, -0.2) is 6.04 Å². The quantitative estimate of drug-likeness (QED) is 0.362. The zero-order valence-corrected chi connectivity index (χ0v) is 19.2. The fraction of sp³-hybridized carbons (Fsp3) is 0.226. The minimum absolute atomic E-state index is 0.159. The van der Waals surface area contributed by atoms with E-state index in [2.05, 4.69) is 102 Å². The molecule has 0 heterocycles. The Bertz CT molecular complexity index is 1060. The maximum absolute atomic E-state index is 5.63. The van der Waals surface area contributed by atoms with Crippen molar-refractivity contribution in [1.82, 2.24) is 5.32 Å². The predicted molar refractivity (Wildman–Crippen MR) is 142 cm³/mol. The summed E-state index contributed by atoms with van der Waals surface area (Å²) in [6.45, 7) is 0. The lowest BCUT2D eigenvalue weighted by molar-refractivity contribution is 0.357. The zero-order chi connectivity index (χ0) is 22.7. The summed E-state index contributed by atoms with van der Waals surface area (Å²) in [7, 11) is 0. The second kappa shape index (κ2) is 12.0. The summed E-state index contributed by atoms with van der Waals surface area (Å²) in [5.74, 6) is 0. The molecule has 1 unspecified atom stereocenters. The molecular weight excluding hydrogens is 400 g/mol. The number of rotatable bonds is 8. The van der Waals surface area contributed by atoms with Gasteiger partial charge in [-0.25, -0.2) is 0 Å². The minimum Gasteiger partial charge on any atom is -0.405 e. The molecule has 1 atom stereocenters. The van der Waals surface area contributed by atoms with Crippen LogP contribution in [0.2, 0.25) is 0 Å². The van der Waals surface area contributed by atoms with Gasteiger partial charge in [-0.3, -0.25) is 0 Å². The highest BCUT2D eigenvalue weighted by Crippen LogP contribution is 2.27. The highest BCUT2D eigenvalue weighted by molar-refractivity contribution is 5.75. The molecule has 0 spiro atoms. The van der Waals surface area contributed by atoms with Crippen LogP contribution in [0, 0.1) is 0 Å². The van der Waals surface area contributed by atoms with Gasteiger partial charge in [-0.05, 0) is 52.9 Å². The molecule has 3 N–H and O–H groups in total. The van der Waals surface area contributed by atoms with Gasteiger partial charge in [0.25, 0.3) is 0 Å². The molecule has 1 aliphatic rings. The molecule has 1 saturated carbocycles. The number of nitrogens with two attached hydrogens (primary N) is 1. The van der Waals surface area contributed by atoms with Crippen LogP contribution < -0.4 is 11.1 Å². The number of benzene rings is 3. The van der Waals surface area contributed by atoms with Gasteiger partial charge in [0.05, 0.1) is 6.04 Å². The van der Waals surface area contributed by atoms with E-state index in [-0.39, 0.29) is 6.04 Å². The lowest BCUT2D eigenvalue weighted by Crippen LogP contribution is -2.33. The Morgan fingerprint density at radius 2 is 1.42 bits per heavy atom. The van der Waals surface area contributed by atoms with Crippen LogP contribution in [0.5, 0.6) is 0 Å². The Morgan fingerprint density at radius 1 is 0.788 bits per heavy atom. The number of allylic oxidation sites excluding steroid dienone is 4. The monoisotopic (exact) mass is 434 g/mol. The molecule has 168 valence electrons. The van der Waals surface area contributed by atoms with Crippen molar-refractivity contribution in [2.24, 2.45) is 5.73 Å². The van der Waals surface area contributed by atoms with Crippen molar-refractivity contribution < 1.29 is 0 Å². The summed E-state index contributed by atoms with van der Waals surface area (Å²) in [5.41, 5.74) is 11.7. The Labute approximate surface area is 198 Å². The van der Waals surface area contributed by atoms with Crippen LogP contribution in [-0.2, 0) is 0 Å². The van der Waals surface area contributed by atoms with E-state index in [1.807, 2.05) is 12.1 Å². The molecule has 0 bridgehead atoms. The van der Waals surface area contributed by atoms with Crippen molar-refractivity contribution in [3.63, 3.8) is 0 Å². The molecular formula is C31H34N2. The third-order valence-electron chi connectivity index (χ3n) is 6.36. The van der Waals surface area contributed by atoms with Crippen molar-refractivity contribution in [2.75, 3.05) is 0 Å². The molecule has 3 aromatic carbocycles. The van der Waals surface area contributed by atoms with Crippen LogP contribution in [0.3, 0.4) is 0 Å². The van der Waals surface area contributed by atoms with Gasteiger partial charge in [-0.2, -0.15) is 0 Å². The van der Waals surface area contributed by atoms with Crippen molar-refractivity contribution in [3.05, 3.63) is 127 Å². The van der Waals surface area contributed by atoms with Crippen LogP contribution in [0.15, 0.2) is 115 Å². The van der Waals surface area contributed by atoms with Crippen LogP contribution in [0.1, 0.15) is 49.3 Å². The average Bonchev–Trinajstić information content (AvgIpc) is 2.90. The van der Waals surface area contributed by atoms with Gasteiger partial charge in [0.2, 0.25) is 0 Å². The predicted octanol–water partition coefficient (Wildman–Crippen LogP) is 7.43. The molecule has 1 aliphatic carbocycles.